The zero-order chi connectivity index (χ0) is 20.8. The molecule has 0 saturated carbocycles. The first-order valence-corrected chi connectivity index (χ1v) is 10.4. The molecule has 0 radical (unpaired) electrons. The van der Waals surface area contributed by atoms with Crippen molar-refractivity contribution >= 4 is 11.8 Å². The molecule has 0 atom stereocenters. The molecule has 1 saturated heterocycles. The predicted molar refractivity (Wildman–Crippen MR) is 115 cm³/mol. The SMILES string of the molecule is O=C(CCc1cnn(-c2ccccc2)c1)NCc1cccc(C(=O)N2CCCC2)c1. The van der Waals surface area contributed by atoms with Crippen molar-refractivity contribution < 1.29 is 9.59 Å². The molecular weight excluding hydrogens is 376 g/mol. The number of likely N-dealkylation sites (tertiary alicyclic amines) is 1. The Labute approximate surface area is 176 Å². The average molecular weight is 402 g/mol. The molecule has 0 bridgehead atoms. The third-order valence-electron chi connectivity index (χ3n) is 5.35. The summed E-state index contributed by atoms with van der Waals surface area (Å²) in [5.74, 6) is 0.0647. The number of aromatic nitrogens is 2. The number of carbonyl (C=O) groups excluding carboxylic acids is 2. The number of hydrogen-bond donors (Lipinski definition) is 1. The predicted octanol–water partition coefficient (Wildman–Crippen LogP) is 3.36. The molecule has 1 aliphatic heterocycles. The third-order valence-corrected chi connectivity index (χ3v) is 5.35. The summed E-state index contributed by atoms with van der Waals surface area (Å²) < 4.78 is 1.82. The minimum Gasteiger partial charge on any atom is -0.352 e. The molecule has 1 N–H and O–H groups in total. The van der Waals surface area contributed by atoms with Gasteiger partial charge >= 0.3 is 0 Å². The highest BCUT2D eigenvalue weighted by atomic mass is 16.2. The van der Waals surface area contributed by atoms with Crippen molar-refractivity contribution in [2.45, 2.75) is 32.2 Å². The molecule has 0 spiro atoms. The van der Waals surface area contributed by atoms with Gasteiger partial charge in [-0.1, -0.05) is 30.3 Å². The van der Waals surface area contributed by atoms with Gasteiger partial charge in [-0.15, -0.1) is 0 Å². The van der Waals surface area contributed by atoms with E-state index in [1.54, 1.807) is 6.20 Å². The van der Waals surface area contributed by atoms with Crippen LogP contribution in [-0.4, -0.2) is 39.6 Å². The van der Waals surface area contributed by atoms with E-state index in [9.17, 15) is 9.59 Å². The summed E-state index contributed by atoms with van der Waals surface area (Å²) in [7, 11) is 0. The third kappa shape index (κ3) is 4.95. The van der Waals surface area contributed by atoms with E-state index in [-0.39, 0.29) is 11.8 Å². The second kappa shape index (κ2) is 9.39. The van der Waals surface area contributed by atoms with E-state index in [1.807, 2.05) is 70.4 Å². The topological polar surface area (TPSA) is 67.2 Å². The summed E-state index contributed by atoms with van der Waals surface area (Å²) >= 11 is 0. The zero-order valence-electron chi connectivity index (χ0n) is 17.0. The summed E-state index contributed by atoms with van der Waals surface area (Å²) in [5, 5.41) is 7.32. The molecular formula is C24H26N4O2. The maximum absolute atomic E-state index is 12.5. The van der Waals surface area contributed by atoms with Crippen molar-refractivity contribution in [3.63, 3.8) is 0 Å². The number of rotatable bonds is 7. The number of aryl methyl sites for hydroxylation is 1. The van der Waals surface area contributed by atoms with Crippen LogP contribution in [0.15, 0.2) is 67.0 Å². The molecule has 1 aliphatic rings. The van der Waals surface area contributed by atoms with Crippen molar-refractivity contribution in [2.24, 2.45) is 0 Å². The number of carbonyl (C=O) groups is 2. The highest BCUT2D eigenvalue weighted by Gasteiger charge is 2.19. The molecule has 2 aromatic carbocycles. The second-order valence-electron chi connectivity index (χ2n) is 7.61. The fraction of sp³-hybridized carbons (Fsp3) is 0.292. The van der Waals surface area contributed by atoms with Gasteiger partial charge in [0.15, 0.2) is 0 Å². The highest BCUT2D eigenvalue weighted by molar-refractivity contribution is 5.94. The van der Waals surface area contributed by atoms with Crippen molar-refractivity contribution in [3.05, 3.63) is 83.7 Å². The number of amides is 2. The Kier molecular flexibility index (Phi) is 6.23. The number of para-hydroxylation sites is 1. The lowest BCUT2D eigenvalue weighted by Crippen LogP contribution is -2.28. The largest absolute Gasteiger partial charge is 0.352 e. The Morgan fingerprint density at radius 2 is 1.77 bits per heavy atom. The summed E-state index contributed by atoms with van der Waals surface area (Å²) in [4.78, 5) is 26.7. The van der Waals surface area contributed by atoms with E-state index < -0.39 is 0 Å². The van der Waals surface area contributed by atoms with Crippen LogP contribution in [0.5, 0.6) is 0 Å². The molecule has 0 aliphatic carbocycles. The van der Waals surface area contributed by atoms with Crippen LogP contribution in [0.3, 0.4) is 0 Å². The van der Waals surface area contributed by atoms with Crippen LogP contribution in [0.4, 0.5) is 0 Å². The van der Waals surface area contributed by atoms with E-state index in [1.165, 1.54) is 0 Å². The lowest BCUT2D eigenvalue weighted by atomic mass is 10.1. The molecule has 0 unspecified atom stereocenters. The van der Waals surface area contributed by atoms with E-state index in [4.69, 9.17) is 0 Å². The van der Waals surface area contributed by atoms with Crippen LogP contribution in [0.1, 0.15) is 40.7 Å². The zero-order valence-corrected chi connectivity index (χ0v) is 17.0. The molecule has 4 rings (SSSR count). The normalized spacial score (nSPS) is 13.4. The lowest BCUT2D eigenvalue weighted by Gasteiger charge is -2.15. The Hall–Kier alpha value is -3.41. The van der Waals surface area contributed by atoms with Crippen LogP contribution in [0, 0.1) is 0 Å². The number of benzene rings is 2. The Bertz CT molecular complexity index is 1010. The summed E-state index contributed by atoms with van der Waals surface area (Å²) in [5.41, 5.74) is 3.64. The van der Waals surface area contributed by atoms with Crippen molar-refractivity contribution in [3.8, 4) is 5.69 Å². The first kappa shape index (κ1) is 19.9. The maximum Gasteiger partial charge on any atom is 0.253 e. The van der Waals surface area contributed by atoms with Crippen LogP contribution in [-0.2, 0) is 17.8 Å². The second-order valence-corrected chi connectivity index (χ2v) is 7.61. The van der Waals surface area contributed by atoms with Crippen LogP contribution in [0.2, 0.25) is 0 Å². The monoisotopic (exact) mass is 402 g/mol. The molecule has 1 fully saturated rings. The van der Waals surface area contributed by atoms with Crippen molar-refractivity contribution in [1.29, 1.82) is 0 Å². The van der Waals surface area contributed by atoms with Gasteiger partial charge in [-0.3, -0.25) is 9.59 Å². The highest BCUT2D eigenvalue weighted by Crippen LogP contribution is 2.14. The van der Waals surface area contributed by atoms with Gasteiger partial charge in [-0.2, -0.15) is 5.10 Å². The van der Waals surface area contributed by atoms with Gasteiger partial charge in [0, 0.05) is 37.8 Å². The molecule has 30 heavy (non-hydrogen) atoms. The summed E-state index contributed by atoms with van der Waals surface area (Å²) in [6.07, 6.45) is 6.93. The Morgan fingerprint density at radius 1 is 0.967 bits per heavy atom. The maximum atomic E-state index is 12.5. The van der Waals surface area contributed by atoms with E-state index in [2.05, 4.69) is 10.4 Å². The average Bonchev–Trinajstić information content (AvgIpc) is 3.49. The number of nitrogens with zero attached hydrogens (tertiary/aromatic N) is 3. The van der Waals surface area contributed by atoms with E-state index in [0.29, 0.717) is 24.9 Å². The van der Waals surface area contributed by atoms with Gasteiger partial charge in [0.2, 0.25) is 5.91 Å². The lowest BCUT2D eigenvalue weighted by molar-refractivity contribution is -0.121. The van der Waals surface area contributed by atoms with Gasteiger partial charge in [-0.05, 0) is 54.7 Å². The van der Waals surface area contributed by atoms with E-state index >= 15 is 0 Å². The standard InChI is InChI=1S/C24H26N4O2/c29-23(12-11-20-17-26-28(18-20)22-9-2-1-3-10-22)25-16-19-7-6-8-21(15-19)24(30)27-13-4-5-14-27/h1-3,6-10,15,17-18H,4-5,11-14,16H2,(H,25,29). The summed E-state index contributed by atoms with van der Waals surface area (Å²) in [6.45, 7) is 2.09. The van der Waals surface area contributed by atoms with Gasteiger partial charge < -0.3 is 10.2 Å². The van der Waals surface area contributed by atoms with E-state index in [0.717, 1.165) is 42.7 Å². The fourth-order valence-electron chi connectivity index (χ4n) is 3.68. The van der Waals surface area contributed by atoms with Crippen LogP contribution < -0.4 is 5.32 Å². The first-order chi connectivity index (χ1) is 14.7. The van der Waals surface area contributed by atoms with Gasteiger partial charge in [0.25, 0.3) is 5.91 Å². The summed E-state index contributed by atoms with van der Waals surface area (Å²) in [6, 6.07) is 17.4. The Morgan fingerprint density at radius 3 is 2.57 bits per heavy atom. The fourth-order valence-corrected chi connectivity index (χ4v) is 3.68. The van der Waals surface area contributed by atoms with Crippen molar-refractivity contribution in [2.75, 3.05) is 13.1 Å². The minimum absolute atomic E-state index is 0.0151. The molecule has 6 heteroatoms. The quantitative estimate of drug-likeness (QED) is 0.659. The number of hydrogen-bond acceptors (Lipinski definition) is 3. The molecule has 3 aromatic rings. The van der Waals surface area contributed by atoms with Crippen LogP contribution >= 0.6 is 0 Å². The Balaban J connectivity index is 1.27. The minimum atomic E-state index is -0.0151. The molecule has 1 aromatic heterocycles. The molecule has 6 nitrogen and oxygen atoms in total. The van der Waals surface area contributed by atoms with Gasteiger partial charge in [-0.25, -0.2) is 4.68 Å². The number of nitrogens with one attached hydrogen (secondary N) is 1. The molecule has 2 heterocycles. The smallest absolute Gasteiger partial charge is 0.253 e. The molecule has 2 amide bonds. The van der Waals surface area contributed by atoms with Gasteiger partial charge in [0.1, 0.15) is 0 Å². The first-order valence-electron chi connectivity index (χ1n) is 10.4. The molecule has 154 valence electrons. The van der Waals surface area contributed by atoms with Crippen LogP contribution in [0.25, 0.3) is 5.69 Å². The van der Waals surface area contributed by atoms with Gasteiger partial charge in [0.05, 0.1) is 11.9 Å². The van der Waals surface area contributed by atoms with Crippen molar-refractivity contribution in [1.82, 2.24) is 20.0 Å².